The van der Waals surface area contributed by atoms with Crippen molar-refractivity contribution in [3.8, 4) is 0 Å². The minimum Gasteiger partial charge on any atom is -0.469 e. The first-order chi connectivity index (χ1) is 12.1. The van der Waals surface area contributed by atoms with Crippen molar-refractivity contribution < 1.29 is 23.9 Å². The van der Waals surface area contributed by atoms with Crippen molar-refractivity contribution in [1.82, 2.24) is 0 Å². The van der Waals surface area contributed by atoms with Gasteiger partial charge in [-0.15, -0.1) is 0 Å². The van der Waals surface area contributed by atoms with E-state index in [4.69, 9.17) is 9.47 Å². The Morgan fingerprint density at radius 2 is 1.40 bits per heavy atom. The number of esters is 2. The molecular weight excluding hydrogens is 320 g/mol. The zero-order valence-electron chi connectivity index (χ0n) is 14.4. The van der Waals surface area contributed by atoms with Crippen LogP contribution in [0.2, 0.25) is 0 Å². The molecule has 1 aromatic carbocycles. The molecule has 1 aromatic rings. The molecule has 132 valence electrons. The number of Topliss-reactive ketones (excluding diaryl/α,β-unsaturated/α-hetero) is 1. The second-order valence-corrected chi connectivity index (χ2v) is 7.47. The van der Waals surface area contributed by atoms with Gasteiger partial charge in [-0.3, -0.25) is 14.4 Å². The molecule has 0 saturated heterocycles. The highest BCUT2D eigenvalue weighted by Gasteiger charge is 2.75. The van der Waals surface area contributed by atoms with Crippen molar-refractivity contribution >= 4 is 17.7 Å². The number of hydrogen-bond donors (Lipinski definition) is 0. The van der Waals surface area contributed by atoms with E-state index in [1.165, 1.54) is 14.2 Å². The summed E-state index contributed by atoms with van der Waals surface area (Å²) in [4.78, 5) is 37.3. The zero-order chi connectivity index (χ0) is 17.7. The Kier molecular flexibility index (Phi) is 3.89. The van der Waals surface area contributed by atoms with E-state index < -0.39 is 11.8 Å². The molecule has 0 N–H and O–H groups in total. The van der Waals surface area contributed by atoms with Crippen molar-refractivity contribution in [3.63, 3.8) is 0 Å². The van der Waals surface area contributed by atoms with E-state index in [2.05, 4.69) is 0 Å². The van der Waals surface area contributed by atoms with Gasteiger partial charge in [-0.05, 0) is 35.7 Å². The Morgan fingerprint density at radius 3 is 1.88 bits per heavy atom. The molecule has 2 bridgehead atoms. The predicted octanol–water partition coefficient (Wildman–Crippen LogP) is 1.89. The summed E-state index contributed by atoms with van der Waals surface area (Å²) >= 11 is 0. The van der Waals surface area contributed by atoms with Gasteiger partial charge in [0.25, 0.3) is 0 Å². The van der Waals surface area contributed by atoms with Gasteiger partial charge < -0.3 is 9.47 Å². The summed E-state index contributed by atoms with van der Waals surface area (Å²) in [6.45, 7) is 0. The molecule has 3 aliphatic rings. The van der Waals surface area contributed by atoms with Gasteiger partial charge >= 0.3 is 11.9 Å². The fourth-order valence-electron chi connectivity index (χ4n) is 5.65. The van der Waals surface area contributed by atoms with Crippen LogP contribution in [0.25, 0.3) is 0 Å². The molecule has 0 radical (unpaired) electrons. The van der Waals surface area contributed by atoms with Crippen LogP contribution in [0.5, 0.6) is 0 Å². The second-order valence-electron chi connectivity index (χ2n) is 7.47. The first-order valence-electron chi connectivity index (χ1n) is 8.80. The highest BCUT2D eigenvalue weighted by molar-refractivity contribution is 5.89. The average molecular weight is 342 g/mol. The summed E-state index contributed by atoms with van der Waals surface area (Å²) in [6, 6.07) is 9.71. The number of fused-ring (bicyclic) bond motifs is 5. The number of carbonyl (C=O) groups excluding carboxylic acids is 3. The van der Waals surface area contributed by atoms with Crippen molar-refractivity contribution in [2.24, 2.45) is 41.4 Å². The quantitative estimate of drug-likeness (QED) is 0.764. The normalized spacial score (nSPS) is 37.3. The number of hydrogen-bond acceptors (Lipinski definition) is 5. The molecule has 3 saturated carbocycles. The number of methoxy groups -OCH3 is 2. The van der Waals surface area contributed by atoms with Gasteiger partial charge in [0.15, 0.2) is 0 Å². The smallest absolute Gasteiger partial charge is 0.309 e. The number of ketones is 1. The summed E-state index contributed by atoms with van der Waals surface area (Å²) in [5.41, 5.74) is 1.01. The molecule has 5 nitrogen and oxygen atoms in total. The van der Waals surface area contributed by atoms with E-state index >= 15 is 0 Å². The topological polar surface area (TPSA) is 69.7 Å². The Labute approximate surface area is 146 Å². The molecular formula is C20H22O5. The van der Waals surface area contributed by atoms with Crippen LogP contribution in [0.15, 0.2) is 30.3 Å². The van der Waals surface area contributed by atoms with Gasteiger partial charge in [-0.25, -0.2) is 0 Å². The Morgan fingerprint density at radius 1 is 0.880 bits per heavy atom. The molecule has 0 amide bonds. The van der Waals surface area contributed by atoms with E-state index in [1.54, 1.807) is 0 Å². The molecule has 25 heavy (non-hydrogen) atoms. The van der Waals surface area contributed by atoms with Crippen LogP contribution in [-0.4, -0.2) is 31.9 Å². The van der Waals surface area contributed by atoms with Crippen LogP contribution >= 0.6 is 0 Å². The highest BCUT2D eigenvalue weighted by atomic mass is 16.5. The summed E-state index contributed by atoms with van der Waals surface area (Å²) in [5.74, 6) is -0.817. The van der Waals surface area contributed by atoms with Crippen molar-refractivity contribution in [2.45, 2.75) is 12.8 Å². The van der Waals surface area contributed by atoms with Gasteiger partial charge in [0.2, 0.25) is 0 Å². The van der Waals surface area contributed by atoms with Crippen molar-refractivity contribution in [2.75, 3.05) is 14.2 Å². The van der Waals surface area contributed by atoms with Crippen LogP contribution in [0, 0.1) is 41.4 Å². The highest BCUT2D eigenvalue weighted by Crippen LogP contribution is 2.73. The summed E-state index contributed by atoms with van der Waals surface area (Å²) < 4.78 is 9.88. The minimum absolute atomic E-state index is 0.0224. The third-order valence-electron chi connectivity index (χ3n) is 6.52. The van der Waals surface area contributed by atoms with Crippen molar-refractivity contribution in [1.29, 1.82) is 0 Å². The molecule has 0 aliphatic heterocycles. The lowest BCUT2D eigenvalue weighted by Gasteiger charge is -2.26. The van der Waals surface area contributed by atoms with Gasteiger partial charge in [0.05, 0.1) is 26.1 Å². The number of carbonyl (C=O) groups is 3. The molecule has 5 heteroatoms. The molecule has 3 fully saturated rings. The fraction of sp³-hybridized carbons (Fsp3) is 0.550. The van der Waals surface area contributed by atoms with Gasteiger partial charge in [-0.1, -0.05) is 30.3 Å². The number of benzene rings is 1. The van der Waals surface area contributed by atoms with Crippen LogP contribution in [0.3, 0.4) is 0 Å². The van der Waals surface area contributed by atoms with E-state index in [-0.39, 0.29) is 47.3 Å². The molecule has 0 aromatic heterocycles. The second kappa shape index (κ2) is 5.97. The summed E-state index contributed by atoms with van der Waals surface area (Å²) in [6.07, 6.45) is 1.24. The maximum absolute atomic E-state index is 12.8. The molecule has 3 aliphatic carbocycles. The Hall–Kier alpha value is -2.17. The third-order valence-corrected chi connectivity index (χ3v) is 6.52. The maximum Gasteiger partial charge on any atom is 0.309 e. The van der Waals surface area contributed by atoms with E-state index in [9.17, 15) is 14.4 Å². The lowest BCUT2D eigenvalue weighted by atomic mass is 9.79. The van der Waals surface area contributed by atoms with Crippen molar-refractivity contribution in [3.05, 3.63) is 35.9 Å². The zero-order valence-corrected chi connectivity index (χ0v) is 14.4. The van der Waals surface area contributed by atoms with Gasteiger partial charge in [-0.2, -0.15) is 0 Å². The van der Waals surface area contributed by atoms with Gasteiger partial charge in [0.1, 0.15) is 5.78 Å². The van der Waals surface area contributed by atoms with Crippen LogP contribution in [0.4, 0.5) is 0 Å². The van der Waals surface area contributed by atoms with E-state index in [0.29, 0.717) is 6.42 Å². The largest absolute Gasteiger partial charge is 0.469 e. The lowest BCUT2D eigenvalue weighted by Crippen LogP contribution is -2.37. The summed E-state index contributed by atoms with van der Waals surface area (Å²) in [5, 5.41) is 0. The Bertz CT molecular complexity index is 678. The first kappa shape index (κ1) is 16.3. The molecule has 0 heterocycles. The molecule has 0 spiro atoms. The maximum atomic E-state index is 12.8. The van der Waals surface area contributed by atoms with E-state index in [0.717, 1.165) is 12.0 Å². The SMILES string of the molecule is COC(=O)[C@H]1C2CC(C3C(C(=O)Cc4ccccc4)C32)[C@@H]1C(=O)OC. The molecule has 6 atom stereocenters. The van der Waals surface area contributed by atoms with E-state index in [1.807, 2.05) is 30.3 Å². The van der Waals surface area contributed by atoms with Crippen LogP contribution in [-0.2, 0) is 30.3 Å². The first-order valence-corrected chi connectivity index (χ1v) is 8.80. The Balaban J connectivity index is 1.53. The lowest BCUT2D eigenvalue weighted by molar-refractivity contribution is -0.160. The van der Waals surface area contributed by atoms with Gasteiger partial charge in [0, 0.05) is 12.3 Å². The average Bonchev–Trinajstić information content (AvgIpc) is 3.14. The number of ether oxygens (including phenoxy) is 2. The standard InChI is InChI=1S/C20H22O5/c1-24-19(22)16-11-9-12(17(16)20(23)25-2)15-14(11)18(15)13(21)8-10-6-4-3-5-7-10/h3-7,11-12,14-18H,8-9H2,1-2H3/t11?,12?,14?,15?,16-,17-,18?/m0/s1. The monoisotopic (exact) mass is 342 g/mol. The van der Waals surface area contributed by atoms with Crippen LogP contribution in [0.1, 0.15) is 12.0 Å². The predicted molar refractivity (Wildman–Crippen MR) is 88.2 cm³/mol. The molecule has 4 rings (SSSR count). The third kappa shape index (κ3) is 2.40. The fourth-order valence-corrected chi connectivity index (χ4v) is 5.65. The number of rotatable bonds is 5. The summed E-state index contributed by atoms with van der Waals surface area (Å²) in [7, 11) is 2.70. The molecule has 4 unspecified atom stereocenters. The minimum atomic E-state index is -0.460. The van der Waals surface area contributed by atoms with Crippen LogP contribution < -0.4 is 0 Å².